The number of nitrogens with one attached hydrogen (secondary N) is 5. The number of primary amides is 1. The van der Waals surface area contributed by atoms with E-state index in [4.69, 9.17) is 10.5 Å². The highest BCUT2D eigenvalue weighted by Crippen LogP contribution is 2.24. The van der Waals surface area contributed by atoms with Gasteiger partial charge in [0.15, 0.2) is 0 Å². The van der Waals surface area contributed by atoms with Crippen LogP contribution in [0.3, 0.4) is 0 Å². The number of rotatable bonds is 17. The third-order valence-electron chi connectivity index (χ3n) is 12.1. The topological polar surface area (TPSA) is 296 Å². The van der Waals surface area contributed by atoms with Crippen LogP contribution in [0.25, 0.3) is 0 Å². The Kier molecular flexibility index (Phi) is 23.2. The summed E-state index contributed by atoms with van der Waals surface area (Å²) in [4.78, 5) is 125. The van der Waals surface area contributed by atoms with Crippen LogP contribution in [0.15, 0.2) is 24.3 Å². The van der Waals surface area contributed by atoms with Crippen molar-refractivity contribution in [3.8, 4) is 5.75 Å². The zero-order valence-electron chi connectivity index (χ0n) is 41.0. The Morgan fingerprint density at radius 3 is 2.01 bits per heavy atom. The number of aliphatic hydroxyl groups excluding tert-OH is 1. The summed E-state index contributed by atoms with van der Waals surface area (Å²) in [6, 6.07) is -3.23. The molecule has 0 spiro atoms. The normalized spacial score (nSPS) is 25.5. The number of carbonyl (C=O) groups excluding carboxylic acids is 9. The van der Waals surface area contributed by atoms with Gasteiger partial charge in [0.1, 0.15) is 54.3 Å². The second kappa shape index (κ2) is 27.1. The molecule has 1 aromatic carbocycles. The number of amides is 8. The van der Waals surface area contributed by atoms with Gasteiger partial charge < -0.3 is 57.1 Å². The fourth-order valence-corrected chi connectivity index (χ4v) is 7.95. The summed E-state index contributed by atoms with van der Waals surface area (Å²) in [5, 5.41) is 35.2. The maximum Gasteiger partial charge on any atom is 0.329 e. The number of hydrogen-bond donors (Lipinski definition) is 8. The van der Waals surface area contributed by atoms with Crippen molar-refractivity contribution in [2.45, 2.75) is 175 Å². The zero-order valence-corrected chi connectivity index (χ0v) is 41.0. The van der Waals surface area contributed by atoms with E-state index in [1.54, 1.807) is 39.8 Å². The molecule has 4 unspecified atom stereocenters. The lowest BCUT2D eigenvalue weighted by Crippen LogP contribution is -2.62. The number of ether oxygens (including phenoxy) is 1. The van der Waals surface area contributed by atoms with Gasteiger partial charge in [0.2, 0.25) is 47.8 Å². The second-order valence-corrected chi connectivity index (χ2v) is 18.7. The third kappa shape index (κ3) is 17.7. The minimum Gasteiger partial charge on any atom is -0.508 e. The van der Waals surface area contributed by atoms with Gasteiger partial charge >= 0.3 is 5.97 Å². The Labute approximate surface area is 394 Å². The van der Waals surface area contributed by atoms with Crippen LogP contribution in [0.5, 0.6) is 5.75 Å². The molecule has 11 atom stereocenters. The molecule has 2 rings (SSSR count). The predicted octanol–water partition coefficient (Wildman–Crippen LogP) is 1.14. The molecular formula is C47H76N8O12. The van der Waals surface area contributed by atoms with E-state index in [0.29, 0.717) is 31.2 Å². The number of phenolic OH excluding ortho intramolecular Hbond substituents is 1. The molecule has 0 bridgehead atoms. The average Bonchev–Trinajstić information content (AvgIpc) is 3.24. The summed E-state index contributed by atoms with van der Waals surface area (Å²) in [6.45, 7) is 16.9. The number of cyclic esters (lactones) is 1. The standard InChI is InChI=1S/C47H76N8O12/c1-12-27(7)39-47(66)67-29(9)40(53-42(61)34(49-30(10)57)18-19-37(48)59)45(64)51-35(21-26(5)6)43(62)50-32(20-25(3)4)23-38(60)55(24-56)41(28(8)13-2)46(65)54(11)36(44(63)52-39)22-31-14-16-33(58)17-15-31/h14-17,24-29,32,34-36,38-41,58,60H,12-13,18-23H2,1-11H3,(H2,48,59)(H,49,57)(H,50,62)(H,51,64)(H,52,63)(H,53,61)/t27?,28?,29-,32?,34+,35+,36+,38+,39+,40+,41?/m1/s1. The molecule has 1 aromatic rings. The number of esters is 1. The fourth-order valence-electron chi connectivity index (χ4n) is 7.95. The van der Waals surface area contributed by atoms with Crippen molar-refractivity contribution in [3.05, 3.63) is 29.8 Å². The van der Waals surface area contributed by atoms with Gasteiger partial charge in [-0.1, -0.05) is 80.4 Å². The van der Waals surface area contributed by atoms with Crippen LogP contribution in [0.1, 0.15) is 120 Å². The summed E-state index contributed by atoms with van der Waals surface area (Å²) < 4.78 is 5.91. The lowest BCUT2D eigenvalue weighted by atomic mass is 9.93. The molecule has 1 aliphatic rings. The highest BCUT2D eigenvalue weighted by Gasteiger charge is 2.42. The van der Waals surface area contributed by atoms with Gasteiger partial charge in [-0.2, -0.15) is 0 Å². The van der Waals surface area contributed by atoms with Crippen LogP contribution in [0, 0.1) is 23.7 Å². The minimum absolute atomic E-state index is 0.0446. The summed E-state index contributed by atoms with van der Waals surface area (Å²) >= 11 is 0. The first kappa shape index (κ1) is 57.3. The van der Waals surface area contributed by atoms with Crippen molar-refractivity contribution in [1.82, 2.24) is 36.4 Å². The van der Waals surface area contributed by atoms with Crippen molar-refractivity contribution in [3.63, 3.8) is 0 Å². The first-order valence-electron chi connectivity index (χ1n) is 23.3. The van der Waals surface area contributed by atoms with Gasteiger partial charge in [0, 0.05) is 39.3 Å². The molecule has 9 N–H and O–H groups in total. The SMILES string of the molecule is CCC(C)C1C(=O)N(C)[C@@H](Cc2ccc(O)cc2)C(=O)N[C@@H](C(C)CC)C(=O)O[C@H](C)[C@H](NC(=O)[C@H](CCC(N)=O)NC(C)=O)C(=O)N[C@@H](CC(C)C)C(=O)NC(CC(C)C)C[C@H](O)N1C=O. The quantitative estimate of drug-likeness (QED) is 0.0806. The van der Waals surface area contributed by atoms with Crippen molar-refractivity contribution < 1.29 is 58.1 Å². The number of nitrogens with two attached hydrogens (primary N) is 1. The van der Waals surface area contributed by atoms with Crippen LogP contribution in [0.2, 0.25) is 0 Å². The van der Waals surface area contributed by atoms with Gasteiger partial charge in [-0.3, -0.25) is 38.4 Å². The van der Waals surface area contributed by atoms with Crippen molar-refractivity contribution >= 4 is 53.7 Å². The maximum atomic E-state index is 14.8. The molecule has 0 radical (unpaired) electrons. The highest BCUT2D eigenvalue weighted by molar-refractivity contribution is 5.96. The van der Waals surface area contributed by atoms with Crippen LogP contribution in [-0.2, 0) is 54.3 Å². The molecule has 0 saturated carbocycles. The van der Waals surface area contributed by atoms with Crippen molar-refractivity contribution in [2.75, 3.05) is 7.05 Å². The van der Waals surface area contributed by atoms with Crippen LogP contribution in [0.4, 0.5) is 0 Å². The van der Waals surface area contributed by atoms with Gasteiger partial charge in [0.25, 0.3) is 0 Å². The summed E-state index contributed by atoms with van der Waals surface area (Å²) in [5.41, 5.74) is 5.86. The molecule has 0 aromatic heterocycles. The fraction of sp³-hybridized carbons (Fsp3) is 0.681. The first-order chi connectivity index (χ1) is 31.3. The Morgan fingerprint density at radius 2 is 1.49 bits per heavy atom. The maximum absolute atomic E-state index is 14.8. The van der Waals surface area contributed by atoms with Gasteiger partial charge in [-0.05, 0) is 67.6 Å². The molecule has 1 fully saturated rings. The molecule has 67 heavy (non-hydrogen) atoms. The summed E-state index contributed by atoms with van der Waals surface area (Å²) in [7, 11) is 1.38. The van der Waals surface area contributed by atoms with E-state index < -0.39 is 114 Å². The number of aliphatic hydroxyl groups is 1. The largest absolute Gasteiger partial charge is 0.508 e. The number of nitrogens with zero attached hydrogens (tertiary/aromatic N) is 2. The lowest BCUT2D eigenvalue weighted by Gasteiger charge is -2.40. The summed E-state index contributed by atoms with van der Waals surface area (Å²) in [6.07, 6.45) is -2.57. The number of benzene rings is 1. The molecule has 8 amide bonds. The second-order valence-electron chi connectivity index (χ2n) is 18.7. The van der Waals surface area contributed by atoms with E-state index in [-0.39, 0.29) is 49.7 Å². The molecular weight excluding hydrogens is 869 g/mol. The molecule has 20 heteroatoms. The van der Waals surface area contributed by atoms with Gasteiger partial charge in [-0.25, -0.2) is 4.79 Å². The molecule has 376 valence electrons. The number of hydrogen-bond acceptors (Lipinski definition) is 12. The van der Waals surface area contributed by atoms with E-state index in [2.05, 4.69) is 26.6 Å². The van der Waals surface area contributed by atoms with E-state index in [0.717, 1.165) is 16.7 Å². The first-order valence-corrected chi connectivity index (χ1v) is 23.3. The highest BCUT2D eigenvalue weighted by atomic mass is 16.5. The molecule has 20 nitrogen and oxygen atoms in total. The molecule has 1 heterocycles. The van der Waals surface area contributed by atoms with E-state index in [9.17, 15) is 53.4 Å². The Hall–Kier alpha value is -5.79. The Morgan fingerprint density at radius 1 is 0.896 bits per heavy atom. The average molecular weight is 945 g/mol. The molecule has 1 saturated heterocycles. The van der Waals surface area contributed by atoms with E-state index in [1.807, 2.05) is 27.7 Å². The predicted molar refractivity (Wildman–Crippen MR) is 248 cm³/mol. The number of phenols is 1. The minimum atomic E-state index is -1.72. The third-order valence-corrected chi connectivity index (χ3v) is 12.1. The number of aromatic hydroxyl groups is 1. The monoisotopic (exact) mass is 945 g/mol. The van der Waals surface area contributed by atoms with Gasteiger partial charge in [-0.15, -0.1) is 0 Å². The molecule has 1 aliphatic heterocycles. The zero-order chi connectivity index (χ0) is 50.9. The Balaban J connectivity index is 2.93. The summed E-state index contributed by atoms with van der Waals surface area (Å²) in [5.74, 6) is -7.88. The van der Waals surface area contributed by atoms with Gasteiger partial charge in [0.05, 0.1) is 0 Å². The molecule has 0 aliphatic carbocycles. The Bertz CT molecular complexity index is 1860. The smallest absolute Gasteiger partial charge is 0.329 e. The van der Waals surface area contributed by atoms with E-state index in [1.165, 1.54) is 26.1 Å². The van der Waals surface area contributed by atoms with Crippen LogP contribution >= 0.6 is 0 Å². The van der Waals surface area contributed by atoms with Crippen LogP contribution < -0.4 is 32.3 Å². The van der Waals surface area contributed by atoms with Crippen molar-refractivity contribution in [1.29, 1.82) is 0 Å². The number of likely N-dealkylation sites (N-methyl/N-ethyl adjacent to an activating group) is 1. The van der Waals surface area contributed by atoms with Crippen LogP contribution in [-0.4, -0.2) is 135 Å². The van der Waals surface area contributed by atoms with E-state index >= 15 is 0 Å². The number of carbonyl (C=O) groups is 9. The lowest BCUT2D eigenvalue weighted by molar-refractivity contribution is -0.159. The van der Waals surface area contributed by atoms with Crippen molar-refractivity contribution in [2.24, 2.45) is 29.4 Å².